The van der Waals surface area contributed by atoms with Gasteiger partial charge in [-0.3, -0.25) is 0 Å². The van der Waals surface area contributed by atoms with Gasteiger partial charge in [-0.15, -0.1) is 0 Å². The lowest BCUT2D eigenvalue weighted by Gasteiger charge is -2.08. The molecule has 0 unspecified atom stereocenters. The molecule has 1 rings (SSSR count). The van der Waals surface area contributed by atoms with Gasteiger partial charge in [-0.1, -0.05) is 25.1 Å². The van der Waals surface area contributed by atoms with Gasteiger partial charge in [0.15, 0.2) is 0 Å². The molecule has 0 bridgehead atoms. The second-order valence-electron chi connectivity index (χ2n) is 3.42. The lowest BCUT2D eigenvalue weighted by molar-refractivity contribution is 0.619. The standard InChI is InChI=1S/C12H16FN/c1-4-9(2)8-14-11-6-5-10(3)12(13)7-11/h5-7,14H,2,4,8H2,1,3H3. The number of hydrogen-bond donors (Lipinski definition) is 1. The van der Waals surface area contributed by atoms with Crippen molar-refractivity contribution in [3.05, 3.63) is 41.7 Å². The van der Waals surface area contributed by atoms with Crippen LogP contribution >= 0.6 is 0 Å². The topological polar surface area (TPSA) is 12.0 Å². The van der Waals surface area contributed by atoms with Crippen molar-refractivity contribution in [1.29, 1.82) is 0 Å². The number of halogens is 1. The average molecular weight is 193 g/mol. The lowest BCUT2D eigenvalue weighted by Crippen LogP contribution is -2.03. The van der Waals surface area contributed by atoms with Gasteiger partial charge in [0.2, 0.25) is 0 Å². The largest absolute Gasteiger partial charge is 0.381 e. The number of benzene rings is 1. The number of hydrogen-bond acceptors (Lipinski definition) is 1. The smallest absolute Gasteiger partial charge is 0.128 e. The normalized spacial score (nSPS) is 9.93. The Morgan fingerprint density at radius 2 is 2.21 bits per heavy atom. The van der Waals surface area contributed by atoms with Gasteiger partial charge in [0.1, 0.15) is 5.82 Å². The zero-order valence-corrected chi connectivity index (χ0v) is 8.73. The second kappa shape index (κ2) is 4.80. The molecule has 0 amide bonds. The Labute approximate surface area is 84.6 Å². The molecule has 0 aliphatic heterocycles. The van der Waals surface area contributed by atoms with Gasteiger partial charge >= 0.3 is 0 Å². The molecule has 0 saturated carbocycles. The summed E-state index contributed by atoms with van der Waals surface area (Å²) in [7, 11) is 0. The Morgan fingerprint density at radius 1 is 1.50 bits per heavy atom. The van der Waals surface area contributed by atoms with Gasteiger partial charge in [-0.05, 0) is 31.0 Å². The van der Waals surface area contributed by atoms with Crippen LogP contribution in [0.1, 0.15) is 18.9 Å². The van der Waals surface area contributed by atoms with Crippen molar-refractivity contribution in [2.45, 2.75) is 20.3 Å². The Kier molecular flexibility index (Phi) is 3.69. The molecule has 1 N–H and O–H groups in total. The molecule has 1 nitrogen and oxygen atoms in total. The Bertz CT molecular complexity index is 331. The van der Waals surface area contributed by atoms with E-state index in [1.165, 1.54) is 6.07 Å². The first-order valence-electron chi connectivity index (χ1n) is 4.80. The van der Waals surface area contributed by atoms with Crippen LogP contribution in [0.4, 0.5) is 10.1 Å². The average Bonchev–Trinajstić information content (AvgIpc) is 2.19. The summed E-state index contributed by atoms with van der Waals surface area (Å²) in [5, 5.41) is 3.12. The number of rotatable bonds is 4. The van der Waals surface area contributed by atoms with Crippen molar-refractivity contribution in [3.8, 4) is 0 Å². The van der Waals surface area contributed by atoms with Gasteiger partial charge in [-0.2, -0.15) is 0 Å². The molecule has 14 heavy (non-hydrogen) atoms. The Balaban J connectivity index is 2.60. The third-order valence-electron chi connectivity index (χ3n) is 2.21. The summed E-state index contributed by atoms with van der Waals surface area (Å²) in [5.74, 6) is -0.169. The highest BCUT2D eigenvalue weighted by Gasteiger charge is 1.98. The summed E-state index contributed by atoms with van der Waals surface area (Å²) < 4.78 is 13.1. The predicted octanol–water partition coefficient (Wildman–Crippen LogP) is 3.51. The van der Waals surface area contributed by atoms with Crippen molar-refractivity contribution in [1.82, 2.24) is 0 Å². The molecule has 0 saturated heterocycles. The van der Waals surface area contributed by atoms with Crippen LogP contribution in [0.5, 0.6) is 0 Å². The lowest BCUT2D eigenvalue weighted by atomic mass is 10.2. The zero-order valence-electron chi connectivity index (χ0n) is 8.73. The first-order valence-corrected chi connectivity index (χ1v) is 4.80. The van der Waals surface area contributed by atoms with Crippen LogP contribution in [0.25, 0.3) is 0 Å². The molecule has 0 atom stereocenters. The zero-order chi connectivity index (χ0) is 10.6. The molecule has 0 aliphatic carbocycles. The van der Waals surface area contributed by atoms with Crippen LogP contribution in [0.3, 0.4) is 0 Å². The van der Waals surface area contributed by atoms with E-state index in [1.54, 1.807) is 13.0 Å². The fourth-order valence-electron chi connectivity index (χ4n) is 1.05. The van der Waals surface area contributed by atoms with Crippen LogP contribution < -0.4 is 5.32 Å². The molecule has 0 heterocycles. The van der Waals surface area contributed by atoms with E-state index in [0.29, 0.717) is 12.1 Å². The van der Waals surface area contributed by atoms with Crippen molar-refractivity contribution < 1.29 is 4.39 Å². The van der Waals surface area contributed by atoms with Crippen LogP contribution in [0.2, 0.25) is 0 Å². The van der Waals surface area contributed by atoms with E-state index >= 15 is 0 Å². The molecular formula is C12H16FN. The fourth-order valence-corrected chi connectivity index (χ4v) is 1.05. The minimum absolute atomic E-state index is 0.169. The van der Waals surface area contributed by atoms with Crippen molar-refractivity contribution in [3.63, 3.8) is 0 Å². The number of nitrogens with one attached hydrogen (secondary N) is 1. The minimum atomic E-state index is -0.169. The van der Waals surface area contributed by atoms with E-state index in [2.05, 4.69) is 18.8 Å². The molecule has 0 fully saturated rings. The van der Waals surface area contributed by atoms with E-state index in [9.17, 15) is 4.39 Å². The molecule has 0 radical (unpaired) electrons. The molecule has 2 heteroatoms. The minimum Gasteiger partial charge on any atom is -0.381 e. The summed E-state index contributed by atoms with van der Waals surface area (Å²) in [6, 6.07) is 5.16. The van der Waals surface area contributed by atoms with Gasteiger partial charge in [-0.25, -0.2) is 4.39 Å². The summed E-state index contributed by atoms with van der Waals surface area (Å²) >= 11 is 0. The van der Waals surface area contributed by atoms with E-state index in [1.807, 2.05) is 6.07 Å². The summed E-state index contributed by atoms with van der Waals surface area (Å²) in [6.45, 7) is 8.39. The highest BCUT2D eigenvalue weighted by Crippen LogP contribution is 2.13. The third-order valence-corrected chi connectivity index (χ3v) is 2.21. The highest BCUT2D eigenvalue weighted by molar-refractivity contribution is 5.46. The molecule has 0 aliphatic rings. The van der Waals surface area contributed by atoms with Crippen molar-refractivity contribution in [2.24, 2.45) is 0 Å². The van der Waals surface area contributed by atoms with Crippen LogP contribution in [0.15, 0.2) is 30.4 Å². The number of anilines is 1. The quantitative estimate of drug-likeness (QED) is 0.721. The van der Waals surface area contributed by atoms with E-state index < -0.39 is 0 Å². The van der Waals surface area contributed by atoms with E-state index in [0.717, 1.165) is 17.7 Å². The third kappa shape index (κ3) is 2.87. The molecular weight excluding hydrogens is 177 g/mol. The predicted molar refractivity (Wildman–Crippen MR) is 59.1 cm³/mol. The van der Waals surface area contributed by atoms with Crippen LogP contribution in [0, 0.1) is 12.7 Å². The van der Waals surface area contributed by atoms with Gasteiger partial charge < -0.3 is 5.32 Å². The Morgan fingerprint density at radius 3 is 2.79 bits per heavy atom. The van der Waals surface area contributed by atoms with E-state index in [4.69, 9.17) is 0 Å². The van der Waals surface area contributed by atoms with Gasteiger partial charge in [0, 0.05) is 12.2 Å². The second-order valence-corrected chi connectivity index (χ2v) is 3.42. The van der Waals surface area contributed by atoms with Crippen molar-refractivity contribution in [2.75, 3.05) is 11.9 Å². The van der Waals surface area contributed by atoms with Gasteiger partial charge in [0.25, 0.3) is 0 Å². The van der Waals surface area contributed by atoms with Crippen LogP contribution in [-0.4, -0.2) is 6.54 Å². The van der Waals surface area contributed by atoms with Crippen LogP contribution in [-0.2, 0) is 0 Å². The van der Waals surface area contributed by atoms with E-state index in [-0.39, 0.29) is 5.82 Å². The SMILES string of the molecule is C=C(CC)CNc1ccc(C)c(F)c1. The molecule has 1 aromatic rings. The Hall–Kier alpha value is -1.31. The summed E-state index contributed by atoms with van der Waals surface area (Å²) in [4.78, 5) is 0. The van der Waals surface area contributed by atoms with Crippen molar-refractivity contribution >= 4 is 5.69 Å². The molecule has 76 valence electrons. The maximum atomic E-state index is 13.1. The first kappa shape index (κ1) is 10.8. The fraction of sp³-hybridized carbons (Fsp3) is 0.333. The highest BCUT2D eigenvalue weighted by atomic mass is 19.1. The molecule has 0 spiro atoms. The van der Waals surface area contributed by atoms with Gasteiger partial charge in [0.05, 0.1) is 0 Å². The molecule has 1 aromatic carbocycles. The monoisotopic (exact) mass is 193 g/mol. The molecule has 0 aromatic heterocycles. The first-order chi connectivity index (χ1) is 6.63. The maximum Gasteiger partial charge on any atom is 0.128 e. The summed E-state index contributed by atoms with van der Waals surface area (Å²) in [5.41, 5.74) is 2.60. The maximum absolute atomic E-state index is 13.1. The summed E-state index contributed by atoms with van der Waals surface area (Å²) in [6.07, 6.45) is 0.946. The number of aryl methyl sites for hydroxylation is 1.